The molecule has 1 aliphatic heterocycles. The van der Waals surface area contributed by atoms with Gasteiger partial charge in [-0.3, -0.25) is 0 Å². The fourth-order valence-corrected chi connectivity index (χ4v) is 3.17. The van der Waals surface area contributed by atoms with E-state index >= 15 is 0 Å². The van der Waals surface area contributed by atoms with E-state index in [-0.39, 0.29) is 10.4 Å². The molecule has 3 rings (SSSR count). The van der Waals surface area contributed by atoms with Crippen molar-refractivity contribution in [3.8, 4) is 0 Å². The maximum Gasteiger partial charge on any atom is 0.144 e. The minimum Gasteiger partial charge on any atom is -0.381 e. The Bertz CT molecular complexity index is 651. The molecular formula is C15H17Cl2FN2O. The van der Waals surface area contributed by atoms with Crippen molar-refractivity contribution in [2.75, 3.05) is 13.2 Å². The number of aromatic nitrogens is 2. The van der Waals surface area contributed by atoms with E-state index in [9.17, 15) is 4.39 Å². The van der Waals surface area contributed by atoms with E-state index in [4.69, 9.17) is 27.9 Å². The number of benzene rings is 1. The van der Waals surface area contributed by atoms with E-state index < -0.39 is 5.82 Å². The standard InChI is InChI=1S/C15H17Cl2FN2O/c1-9(16)15-19-13-6-12(18)11(17)5-14(13)20(15)7-10-3-2-4-21-8-10/h5-6,9-10H,2-4,7-8H2,1H3. The van der Waals surface area contributed by atoms with Crippen LogP contribution in [0.3, 0.4) is 0 Å². The molecule has 2 atom stereocenters. The Morgan fingerprint density at radius 3 is 3.00 bits per heavy atom. The van der Waals surface area contributed by atoms with Crippen molar-refractivity contribution >= 4 is 34.2 Å². The maximum atomic E-state index is 13.6. The number of alkyl halides is 1. The number of ether oxygens (including phenoxy) is 1. The smallest absolute Gasteiger partial charge is 0.144 e. The quantitative estimate of drug-likeness (QED) is 0.771. The molecule has 0 N–H and O–H groups in total. The summed E-state index contributed by atoms with van der Waals surface area (Å²) < 4.78 is 21.2. The first kappa shape index (κ1) is 15.1. The van der Waals surface area contributed by atoms with Crippen LogP contribution in [0.4, 0.5) is 4.39 Å². The minimum absolute atomic E-state index is 0.109. The van der Waals surface area contributed by atoms with Crippen LogP contribution in [0.1, 0.15) is 31.0 Å². The van der Waals surface area contributed by atoms with Gasteiger partial charge in [0.1, 0.15) is 11.6 Å². The first-order valence-electron chi connectivity index (χ1n) is 7.13. The molecule has 3 nitrogen and oxygen atoms in total. The Hall–Kier alpha value is -0.840. The lowest BCUT2D eigenvalue weighted by atomic mass is 10.0. The largest absolute Gasteiger partial charge is 0.381 e. The molecule has 1 aromatic carbocycles. The van der Waals surface area contributed by atoms with Gasteiger partial charge < -0.3 is 9.30 Å². The predicted molar refractivity (Wildman–Crippen MR) is 82.5 cm³/mol. The highest BCUT2D eigenvalue weighted by molar-refractivity contribution is 6.31. The second-order valence-electron chi connectivity index (χ2n) is 5.53. The van der Waals surface area contributed by atoms with Crippen LogP contribution in [0.15, 0.2) is 12.1 Å². The monoisotopic (exact) mass is 330 g/mol. The van der Waals surface area contributed by atoms with Gasteiger partial charge in [0, 0.05) is 25.1 Å². The van der Waals surface area contributed by atoms with Gasteiger partial charge in [-0.15, -0.1) is 11.6 Å². The molecule has 0 bridgehead atoms. The van der Waals surface area contributed by atoms with Crippen LogP contribution in [0.2, 0.25) is 5.02 Å². The number of hydrogen-bond acceptors (Lipinski definition) is 2. The summed E-state index contributed by atoms with van der Waals surface area (Å²) in [5.74, 6) is 0.719. The number of halogens is 3. The van der Waals surface area contributed by atoms with Crippen LogP contribution in [0, 0.1) is 11.7 Å². The third kappa shape index (κ3) is 3.03. The highest BCUT2D eigenvalue weighted by Gasteiger charge is 2.21. The Morgan fingerprint density at radius 1 is 1.52 bits per heavy atom. The average Bonchev–Trinajstić information content (AvgIpc) is 2.79. The van der Waals surface area contributed by atoms with Crippen molar-refractivity contribution in [2.45, 2.75) is 31.7 Å². The van der Waals surface area contributed by atoms with E-state index in [0.29, 0.717) is 11.4 Å². The molecule has 0 amide bonds. The van der Waals surface area contributed by atoms with Crippen molar-refractivity contribution in [1.82, 2.24) is 9.55 Å². The summed E-state index contributed by atoms with van der Waals surface area (Å²) in [5, 5.41) is -0.138. The first-order valence-corrected chi connectivity index (χ1v) is 7.94. The molecule has 1 aliphatic rings. The number of rotatable bonds is 3. The van der Waals surface area contributed by atoms with Crippen LogP contribution in [-0.4, -0.2) is 22.8 Å². The summed E-state index contributed by atoms with van der Waals surface area (Å²) in [6, 6.07) is 3.00. The third-order valence-electron chi connectivity index (χ3n) is 3.87. The highest BCUT2D eigenvalue weighted by Crippen LogP contribution is 2.30. The summed E-state index contributed by atoms with van der Waals surface area (Å²) in [4.78, 5) is 4.47. The zero-order chi connectivity index (χ0) is 15.0. The minimum atomic E-state index is -0.455. The Labute approximate surface area is 133 Å². The zero-order valence-electron chi connectivity index (χ0n) is 11.8. The van der Waals surface area contributed by atoms with Crippen molar-refractivity contribution in [2.24, 2.45) is 5.92 Å². The summed E-state index contributed by atoms with van der Waals surface area (Å²) in [6.45, 7) is 4.21. The fraction of sp³-hybridized carbons (Fsp3) is 0.533. The van der Waals surface area contributed by atoms with E-state index in [1.54, 1.807) is 6.07 Å². The molecule has 6 heteroatoms. The van der Waals surface area contributed by atoms with Crippen LogP contribution in [-0.2, 0) is 11.3 Å². The van der Waals surface area contributed by atoms with Gasteiger partial charge in [-0.1, -0.05) is 11.6 Å². The van der Waals surface area contributed by atoms with Gasteiger partial charge in [-0.05, 0) is 25.8 Å². The zero-order valence-corrected chi connectivity index (χ0v) is 13.3. The Morgan fingerprint density at radius 2 is 2.33 bits per heavy atom. The van der Waals surface area contributed by atoms with Gasteiger partial charge in [0.2, 0.25) is 0 Å². The van der Waals surface area contributed by atoms with Crippen molar-refractivity contribution in [1.29, 1.82) is 0 Å². The van der Waals surface area contributed by atoms with Gasteiger partial charge in [0.25, 0.3) is 0 Å². The van der Waals surface area contributed by atoms with Crippen LogP contribution >= 0.6 is 23.2 Å². The topological polar surface area (TPSA) is 27.1 Å². The molecule has 2 unspecified atom stereocenters. The first-order chi connectivity index (χ1) is 10.1. The number of imidazole rings is 1. The maximum absolute atomic E-state index is 13.6. The predicted octanol–water partition coefficient (Wildman–Crippen LogP) is 4.56. The molecule has 2 aromatic rings. The molecule has 114 valence electrons. The summed E-state index contributed by atoms with van der Waals surface area (Å²) in [5.41, 5.74) is 1.42. The molecule has 21 heavy (non-hydrogen) atoms. The highest BCUT2D eigenvalue weighted by atomic mass is 35.5. The van der Waals surface area contributed by atoms with E-state index in [1.165, 1.54) is 6.07 Å². The molecule has 0 saturated carbocycles. The molecule has 1 fully saturated rings. The molecule has 1 saturated heterocycles. The fourth-order valence-electron chi connectivity index (χ4n) is 2.84. The normalized spacial score (nSPS) is 20.9. The summed E-state index contributed by atoms with van der Waals surface area (Å²) in [7, 11) is 0. The second-order valence-corrected chi connectivity index (χ2v) is 6.60. The van der Waals surface area contributed by atoms with Crippen LogP contribution < -0.4 is 0 Å². The van der Waals surface area contributed by atoms with E-state index in [0.717, 1.165) is 43.9 Å². The van der Waals surface area contributed by atoms with E-state index in [2.05, 4.69) is 9.55 Å². The van der Waals surface area contributed by atoms with Crippen LogP contribution in [0.5, 0.6) is 0 Å². The Kier molecular flexibility index (Phi) is 4.38. The van der Waals surface area contributed by atoms with Crippen molar-refractivity contribution in [3.05, 3.63) is 28.8 Å². The van der Waals surface area contributed by atoms with Gasteiger partial charge in [0.05, 0.1) is 28.0 Å². The lowest BCUT2D eigenvalue weighted by Gasteiger charge is -2.24. The Balaban J connectivity index is 2.04. The number of nitrogens with zero attached hydrogens (tertiary/aromatic N) is 2. The molecule has 0 spiro atoms. The van der Waals surface area contributed by atoms with Gasteiger partial charge in [0.15, 0.2) is 0 Å². The van der Waals surface area contributed by atoms with E-state index in [1.807, 2.05) is 6.92 Å². The molecule has 0 aliphatic carbocycles. The molecular weight excluding hydrogens is 314 g/mol. The third-order valence-corrected chi connectivity index (χ3v) is 4.36. The average molecular weight is 331 g/mol. The lowest BCUT2D eigenvalue weighted by molar-refractivity contribution is 0.0485. The SMILES string of the molecule is CC(Cl)c1nc2cc(F)c(Cl)cc2n1CC1CCCOC1. The molecule has 2 heterocycles. The number of fused-ring (bicyclic) bond motifs is 1. The summed E-state index contributed by atoms with van der Waals surface area (Å²) >= 11 is 12.2. The van der Waals surface area contributed by atoms with Crippen LogP contribution in [0.25, 0.3) is 11.0 Å². The molecule has 0 radical (unpaired) electrons. The number of hydrogen-bond donors (Lipinski definition) is 0. The van der Waals surface area contributed by atoms with Gasteiger partial charge in [-0.25, -0.2) is 9.37 Å². The van der Waals surface area contributed by atoms with Gasteiger partial charge in [-0.2, -0.15) is 0 Å². The van der Waals surface area contributed by atoms with Crippen molar-refractivity contribution < 1.29 is 9.13 Å². The molecule has 1 aromatic heterocycles. The van der Waals surface area contributed by atoms with Crippen molar-refractivity contribution in [3.63, 3.8) is 0 Å². The second kappa shape index (κ2) is 6.11. The van der Waals surface area contributed by atoms with Gasteiger partial charge >= 0.3 is 0 Å². The summed E-state index contributed by atoms with van der Waals surface area (Å²) in [6.07, 6.45) is 2.18. The lowest BCUT2D eigenvalue weighted by Crippen LogP contribution is -2.23.